The summed E-state index contributed by atoms with van der Waals surface area (Å²) in [4.78, 5) is 0. The molecule has 2 aliphatic rings. The van der Waals surface area contributed by atoms with Crippen molar-refractivity contribution in [1.82, 2.24) is 0 Å². The fraction of sp³-hybridized carbons (Fsp3) is 0.789. The quantitative estimate of drug-likeness (QED) is 0.449. The van der Waals surface area contributed by atoms with Crippen LogP contribution in [0.5, 0.6) is 0 Å². The molecular weight excluding hydrogens is 244 g/mol. The zero-order valence-electron chi connectivity index (χ0n) is 13.3. The van der Waals surface area contributed by atoms with Crippen LogP contribution in [0.3, 0.4) is 0 Å². The van der Waals surface area contributed by atoms with Gasteiger partial charge >= 0.3 is 0 Å². The van der Waals surface area contributed by atoms with Crippen molar-refractivity contribution in [2.45, 2.75) is 77.2 Å². The molecule has 0 atom stereocenters. The third-order valence-electron chi connectivity index (χ3n) is 4.96. The molecule has 0 aromatic carbocycles. The first-order chi connectivity index (χ1) is 9.78. The van der Waals surface area contributed by atoms with E-state index in [-0.39, 0.29) is 0 Å². The summed E-state index contributed by atoms with van der Waals surface area (Å²) < 4.78 is 5.94. The van der Waals surface area contributed by atoms with Gasteiger partial charge in [-0.3, -0.25) is 0 Å². The van der Waals surface area contributed by atoms with Gasteiger partial charge in [-0.25, -0.2) is 0 Å². The lowest BCUT2D eigenvalue weighted by molar-refractivity contribution is 0.0208. The number of hydrogen-bond acceptors (Lipinski definition) is 1. The maximum Gasteiger partial charge on any atom is 0.0575 e. The molecule has 20 heavy (non-hydrogen) atoms. The Bertz CT molecular complexity index is 300. The molecule has 0 radical (unpaired) electrons. The molecule has 0 N–H and O–H groups in total. The first-order valence-electron chi connectivity index (χ1n) is 8.74. The third-order valence-corrected chi connectivity index (χ3v) is 4.96. The molecule has 2 fully saturated rings. The van der Waals surface area contributed by atoms with Gasteiger partial charge in [-0.1, -0.05) is 37.6 Å². The van der Waals surface area contributed by atoms with E-state index < -0.39 is 0 Å². The van der Waals surface area contributed by atoms with Gasteiger partial charge in [0.25, 0.3) is 0 Å². The maximum atomic E-state index is 5.94. The summed E-state index contributed by atoms with van der Waals surface area (Å²) in [5.74, 6) is 1.63. The maximum absolute atomic E-state index is 5.94. The largest absolute Gasteiger partial charge is 0.378 e. The Hall–Kier alpha value is -0.560. The minimum absolute atomic E-state index is 0.546. The molecule has 2 rings (SSSR count). The Morgan fingerprint density at radius 3 is 2.20 bits per heavy atom. The number of unbranched alkanes of at least 4 members (excludes halogenated alkanes) is 1. The Labute approximate surface area is 125 Å². The van der Waals surface area contributed by atoms with Crippen molar-refractivity contribution in [3.8, 4) is 0 Å². The fourth-order valence-corrected chi connectivity index (χ4v) is 3.40. The van der Waals surface area contributed by atoms with Crippen molar-refractivity contribution >= 4 is 0 Å². The van der Waals surface area contributed by atoms with Gasteiger partial charge in [-0.2, -0.15) is 0 Å². The zero-order valence-corrected chi connectivity index (χ0v) is 13.3. The molecule has 0 amide bonds. The standard InChI is InChI=1S/C19H32O/c1-3-4-15-20-19-13-11-18(12-14-19)10-9-17-7-5-16(2)6-8-17/h9-10,17-19H,2-8,11-15H2,1H3. The van der Waals surface area contributed by atoms with Gasteiger partial charge in [0.1, 0.15) is 0 Å². The average Bonchev–Trinajstić information content (AvgIpc) is 2.48. The van der Waals surface area contributed by atoms with Gasteiger partial charge in [0.2, 0.25) is 0 Å². The summed E-state index contributed by atoms with van der Waals surface area (Å²) in [5.41, 5.74) is 1.46. The van der Waals surface area contributed by atoms with Crippen LogP contribution >= 0.6 is 0 Å². The molecule has 2 aliphatic carbocycles. The normalized spacial score (nSPS) is 29.1. The van der Waals surface area contributed by atoms with Crippen LogP contribution in [0, 0.1) is 11.8 Å². The van der Waals surface area contributed by atoms with Gasteiger partial charge < -0.3 is 4.74 Å². The first kappa shape index (κ1) is 15.8. The number of hydrogen-bond donors (Lipinski definition) is 0. The van der Waals surface area contributed by atoms with Gasteiger partial charge in [-0.15, -0.1) is 0 Å². The van der Waals surface area contributed by atoms with Crippen molar-refractivity contribution in [2.75, 3.05) is 6.61 Å². The topological polar surface area (TPSA) is 9.23 Å². The highest BCUT2D eigenvalue weighted by Crippen LogP contribution is 2.31. The van der Waals surface area contributed by atoms with Crippen LogP contribution in [-0.2, 0) is 4.74 Å². The van der Waals surface area contributed by atoms with Crippen molar-refractivity contribution in [1.29, 1.82) is 0 Å². The summed E-state index contributed by atoms with van der Waals surface area (Å²) in [5, 5.41) is 0. The van der Waals surface area contributed by atoms with E-state index in [2.05, 4.69) is 25.7 Å². The van der Waals surface area contributed by atoms with Gasteiger partial charge in [0.05, 0.1) is 6.10 Å². The van der Waals surface area contributed by atoms with Crippen molar-refractivity contribution in [3.63, 3.8) is 0 Å². The fourth-order valence-electron chi connectivity index (χ4n) is 3.40. The SMILES string of the molecule is C=C1CCC(C=CC2CCC(OCCCC)CC2)CC1. The molecular formula is C19H32O. The molecule has 0 heterocycles. The van der Waals surface area contributed by atoms with Crippen molar-refractivity contribution in [3.05, 3.63) is 24.3 Å². The molecule has 0 spiro atoms. The van der Waals surface area contributed by atoms with Crippen LogP contribution < -0.4 is 0 Å². The van der Waals surface area contributed by atoms with Crippen LogP contribution in [0.1, 0.15) is 71.1 Å². The highest BCUT2D eigenvalue weighted by molar-refractivity contribution is 5.03. The van der Waals surface area contributed by atoms with Gasteiger partial charge in [0, 0.05) is 6.61 Å². The lowest BCUT2D eigenvalue weighted by atomic mass is 9.83. The highest BCUT2D eigenvalue weighted by Gasteiger charge is 2.20. The monoisotopic (exact) mass is 276 g/mol. The second kappa shape index (κ2) is 8.67. The molecule has 1 nitrogen and oxygen atoms in total. The first-order valence-corrected chi connectivity index (χ1v) is 8.74. The summed E-state index contributed by atoms with van der Waals surface area (Å²) in [7, 11) is 0. The van der Waals surface area contributed by atoms with E-state index in [0.717, 1.165) is 18.4 Å². The number of ether oxygens (including phenoxy) is 1. The van der Waals surface area contributed by atoms with Crippen molar-refractivity contribution in [2.24, 2.45) is 11.8 Å². The second-order valence-corrected chi connectivity index (χ2v) is 6.73. The molecule has 0 bridgehead atoms. The van der Waals surface area contributed by atoms with Crippen molar-refractivity contribution < 1.29 is 4.74 Å². The number of rotatable bonds is 6. The minimum Gasteiger partial charge on any atom is -0.378 e. The lowest BCUT2D eigenvalue weighted by Crippen LogP contribution is -2.21. The summed E-state index contributed by atoms with van der Waals surface area (Å²) >= 11 is 0. The van der Waals surface area contributed by atoms with E-state index in [4.69, 9.17) is 4.74 Å². The van der Waals surface area contributed by atoms with Gasteiger partial charge in [-0.05, 0) is 69.6 Å². The molecule has 0 unspecified atom stereocenters. The second-order valence-electron chi connectivity index (χ2n) is 6.73. The molecule has 0 aromatic heterocycles. The summed E-state index contributed by atoms with van der Waals surface area (Å²) in [6.07, 6.45) is 18.3. The van der Waals surface area contributed by atoms with Crippen LogP contribution in [0.2, 0.25) is 0 Å². The zero-order chi connectivity index (χ0) is 14.2. The summed E-state index contributed by atoms with van der Waals surface area (Å²) in [6, 6.07) is 0. The molecule has 0 saturated heterocycles. The van der Waals surface area contributed by atoms with E-state index in [0.29, 0.717) is 6.10 Å². The highest BCUT2D eigenvalue weighted by atomic mass is 16.5. The Balaban J connectivity index is 1.62. The smallest absolute Gasteiger partial charge is 0.0575 e. The van der Waals surface area contributed by atoms with E-state index in [1.54, 1.807) is 0 Å². The Morgan fingerprint density at radius 1 is 1.00 bits per heavy atom. The van der Waals surface area contributed by atoms with Crippen LogP contribution in [0.15, 0.2) is 24.3 Å². The van der Waals surface area contributed by atoms with Gasteiger partial charge in [0.15, 0.2) is 0 Å². The van der Waals surface area contributed by atoms with Crippen LogP contribution in [0.4, 0.5) is 0 Å². The van der Waals surface area contributed by atoms with E-state index in [9.17, 15) is 0 Å². The molecule has 0 aromatic rings. The van der Waals surface area contributed by atoms with E-state index >= 15 is 0 Å². The molecule has 114 valence electrons. The molecule has 0 aliphatic heterocycles. The molecule has 1 heteroatoms. The van der Waals surface area contributed by atoms with E-state index in [1.165, 1.54) is 69.8 Å². The predicted octanol–water partition coefficient (Wildman–Crippen LogP) is 5.66. The predicted molar refractivity (Wildman–Crippen MR) is 86.8 cm³/mol. The average molecular weight is 276 g/mol. The Morgan fingerprint density at radius 2 is 1.60 bits per heavy atom. The van der Waals surface area contributed by atoms with E-state index in [1.807, 2.05) is 0 Å². The Kier molecular flexibility index (Phi) is 6.86. The third kappa shape index (κ3) is 5.44. The minimum atomic E-state index is 0.546. The lowest BCUT2D eigenvalue weighted by Gasteiger charge is -2.27. The molecule has 2 saturated carbocycles. The van der Waals surface area contributed by atoms with Crippen LogP contribution in [0.25, 0.3) is 0 Å². The van der Waals surface area contributed by atoms with Crippen LogP contribution in [-0.4, -0.2) is 12.7 Å². The number of allylic oxidation sites excluding steroid dienone is 3. The summed E-state index contributed by atoms with van der Waals surface area (Å²) in [6.45, 7) is 7.29.